The lowest BCUT2D eigenvalue weighted by atomic mass is 9.63. The molecule has 2 aliphatic carbocycles. The van der Waals surface area contributed by atoms with Crippen LogP contribution in [0.2, 0.25) is 10.0 Å². The molecule has 1 heterocycles. The van der Waals surface area contributed by atoms with E-state index in [1.165, 1.54) is 22.3 Å². The molecule has 2 N–H and O–H groups in total. The summed E-state index contributed by atoms with van der Waals surface area (Å²) in [7, 11) is 0. The van der Waals surface area contributed by atoms with Crippen molar-refractivity contribution in [3.63, 3.8) is 0 Å². The average molecular weight is 464 g/mol. The second kappa shape index (κ2) is 7.60. The number of benzene rings is 3. The largest absolute Gasteiger partial charge is 0.385 e. The number of halogens is 2. The topological polar surface area (TPSA) is 32.3 Å². The van der Waals surface area contributed by atoms with Crippen LogP contribution in [0, 0.1) is 5.92 Å². The Labute approximate surface area is 199 Å². The van der Waals surface area contributed by atoms with Crippen molar-refractivity contribution in [1.29, 1.82) is 0 Å². The summed E-state index contributed by atoms with van der Waals surface area (Å²) in [6.45, 7) is 1.86. The highest BCUT2D eigenvalue weighted by Gasteiger charge is 2.57. The highest BCUT2D eigenvalue weighted by atomic mass is 35.5. The number of hydrogen-bond acceptors (Lipinski definition) is 2. The molecule has 1 fully saturated rings. The van der Waals surface area contributed by atoms with Crippen molar-refractivity contribution in [3.05, 3.63) is 105 Å². The van der Waals surface area contributed by atoms with E-state index in [9.17, 15) is 5.11 Å². The minimum Gasteiger partial charge on any atom is -0.385 e. The third-order valence-corrected chi connectivity index (χ3v) is 9.00. The zero-order valence-corrected chi connectivity index (χ0v) is 19.5. The molecule has 0 amide bonds. The van der Waals surface area contributed by atoms with E-state index in [1.807, 2.05) is 18.2 Å². The van der Waals surface area contributed by atoms with Gasteiger partial charge in [0, 0.05) is 11.3 Å². The van der Waals surface area contributed by atoms with Gasteiger partial charge in [0.25, 0.3) is 0 Å². The number of rotatable bonds is 4. The van der Waals surface area contributed by atoms with Gasteiger partial charge in [-0.25, -0.2) is 0 Å². The third kappa shape index (κ3) is 2.93. The van der Waals surface area contributed by atoms with Crippen molar-refractivity contribution in [3.8, 4) is 0 Å². The van der Waals surface area contributed by atoms with Crippen LogP contribution in [-0.2, 0) is 11.0 Å². The molecular formula is C28H27Cl2NO. The molecule has 4 heteroatoms. The molecule has 1 saturated heterocycles. The molecule has 0 saturated carbocycles. The lowest BCUT2D eigenvalue weighted by Crippen LogP contribution is -2.46. The SMILES string of the molecule is OC(CC12CC(c3ccccc31)c1ccccc12)(c1ccc(Cl)c(Cl)c1)C1CCNCC1. The van der Waals surface area contributed by atoms with Gasteiger partial charge in [0.15, 0.2) is 0 Å². The van der Waals surface area contributed by atoms with E-state index in [-0.39, 0.29) is 11.3 Å². The lowest BCUT2D eigenvalue weighted by molar-refractivity contribution is -0.0564. The fourth-order valence-electron chi connectivity index (χ4n) is 6.84. The first-order valence-corrected chi connectivity index (χ1v) is 12.4. The van der Waals surface area contributed by atoms with Gasteiger partial charge in [-0.1, -0.05) is 77.8 Å². The van der Waals surface area contributed by atoms with Gasteiger partial charge < -0.3 is 10.4 Å². The minimum absolute atomic E-state index is 0.161. The first-order valence-electron chi connectivity index (χ1n) is 11.6. The highest BCUT2D eigenvalue weighted by molar-refractivity contribution is 6.42. The van der Waals surface area contributed by atoms with Gasteiger partial charge in [-0.2, -0.15) is 0 Å². The van der Waals surface area contributed by atoms with E-state index in [0.717, 1.165) is 37.9 Å². The van der Waals surface area contributed by atoms with Crippen molar-refractivity contribution in [2.75, 3.05) is 13.1 Å². The molecule has 1 atom stereocenters. The summed E-state index contributed by atoms with van der Waals surface area (Å²) in [4.78, 5) is 0. The molecule has 2 nitrogen and oxygen atoms in total. The Morgan fingerprint density at radius 3 is 2.12 bits per heavy atom. The predicted octanol–water partition coefficient (Wildman–Crippen LogP) is 6.41. The van der Waals surface area contributed by atoms with Crippen molar-refractivity contribution < 1.29 is 5.11 Å². The van der Waals surface area contributed by atoms with Crippen molar-refractivity contribution in [2.24, 2.45) is 5.92 Å². The zero-order chi connectivity index (χ0) is 21.9. The number of nitrogens with one attached hydrogen (secondary N) is 1. The Hall–Kier alpha value is -1.84. The summed E-state index contributed by atoms with van der Waals surface area (Å²) in [5, 5.41) is 17.1. The van der Waals surface area contributed by atoms with Crippen LogP contribution in [0.3, 0.4) is 0 Å². The highest BCUT2D eigenvalue weighted by Crippen LogP contribution is 2.64. The summed E-state index contributed by atoms with van der Waals surface area (Å²) < 4.78 is 0. The van der Waals surface area contributed by atoms with Crippen LogP contribution < -0.4 is 5.32 Å². The van der Waals surface area contributed by atoms with E-state index in [4.69, 9.17) is 23.2 Å². The molecule has 3 aromatic carbocycles. The van der Waals surface area contributed by atoms with Crippen LogP contribution in [0.4, 0.5) is 0 Å². The molecular weight excluding hydrogens is 437 g/mol. The summed E-state index contributed by atoms with van der Waals surface area (Å²) in [6, 6.07) is 23.4. The predicted molar refractivity (Wildman–Crippen MR) is 131 cm³/mol. The molecule has 6 rings (SSSR count). The number of piperidine rings is 1. The van der Waals surface area contributed by atoms with Crippen LogP contribution in [0.25, 0.3) is 0 Å². The molecule has 32 heavy (non-hydrogen) atoms. The summed E-state index contributed by atoms with van der Waals surface area (Å²) >= 11 is 12.7. The van der Waals surface area contributed by atoms with Crippen LogP contribution in [0.1, 0.15) is 59.4 Å². The molecule has 0 spiro atoms. The lowest BCUT2D eigenvalue weighted by Gasteiger charge is -2.45. The summed E-state index contributed by atoms with van der Waals surface area (Å²) in [6.07, 6.45) is 3.58. The van der Waals surface area contributed by atoms with Crippen LogP contribution >= 0.6 is 23.2 Å². The van der Waals surface area contributed by atoms with Gasteiger partial charge in [0.1, 0.15) is 0 Å². The fraction of sp³-hybridized carbons (Fsp3) is 0.357. The Morgan fingerprint density at radius 2 is 1.50 bits per heavy atom. The standard InChI is InChI=1S/C28H27Cl2NO/c29-25-10-9-19(15-26(25)30)28(32,18-11-13-31-14-12-18)17-27-16-22(20-5-1-3-7-23(20)27)21-6-2-4-8-24(21)27/h1-10,15,18,22,31-32H,11-14,16-17H2. The van der Waals surface area contributed by atoms with Gasteiger partial charge in [0.05, 0.1) is 15.6 Å². The van der Waals surface area contributed by atoms with Crippen LogP contribution in [-0.4, -0.2) is 18.2 Å². The average Bonchev–Trinajstić information content (AvgIpc) is 3.33. The van der Waals surface area contributed by atoms with Gasteiger partial charge in [-0.3, -0.25) is 0 Å². The second-order valence-corrected chi connectivity index (χ2v) is 10.6. The van der Waals surface area contributed by atoms with Crippen molar-refractivity contribution in [1.82, 2.24) is 5.32 Å². The van der Waals surface area contributed by atoms with E-state index < -0.39 is 5.60 Å². The number of aliphatic hydroxyl groups is 1. The maximum absolute atomic E-state index is 12.6. The Morgan fingerprint density at radius 1 is 0.875 bits per heavy atom. The number of hydrogen-bond donors (Lipinski definition) is 2. The molecule has 164 valence electrons. The first-order chi connectivity index (χ1) is 15.5. The summed E-state index contributed by atoms with van der Waals surface area (Å²) in [5.74, 6) is 0.572. The monoisotopic (exact) mass is 463 g/mol. The Balaban J connectivity index is 1.53. The van der Waals surface area contributed by atoms with Gasteiger partial charge in [0.2, 0.25) is 0 Å². The quantitative estimate of drug-likeness (QED) is 0.468. The summed E-state index contributed by atoms with van der Waals surface area (Å²) in [5.41, 5.74) is 5.33. The maximum Gasteiger partial charge on any atom is 0.0937 e. The molecule has 0 aromatic heterocycles. The van der Waals surface area contributed by atoms with E-state index in [2.05, 4.69) is 53.8 Å². The van der Waals surface area contributed by atoms with Gasteiger partial charge in [-0.15, -0.1) is 0 Å². The van der Waals surface area contributed by atoms with E-state index in [0.29, 0.717) is 22.4 Å². The Kier molecular flexibility index (Phi) is 4.93. The van der Waals surface area contributed by atoms with Crippen LogP contribution in [0.15, 0.2) is 66.7 Å². The molecule has 1 aliphatic heterocycles. The van der Waals surface area contributed by atoms with Crippen molar-refractivity contribution >= 4 is 23.2 Å². The van der Waals surface area contributed by atoms with Gasteiger partial charge >= 0.3 is 0 Å². The molecule has 3 aliphatic rings. The Bertz CT molecular complexity index is 1140. The fourth-order valence-corrected chi connectivity index (χ4v) is 7.14. The smallest absolute Gasteiger partial charge is 0.0937 e. The zero-order valence-electron chi connectivity index (χ0n) is 18.0. The second-order valence-electron chi connectivity index (χ2n) is 9.77. The number of fused-ring (bicyclic) bond motifs is 8. The minimum atomic E-state index is -0.990. The molecule has 0 radical (unpaired) electrons. The van der Waals surface area contributed by atoms with Crippen molar-refractivity contribution in [2.45, 2.75) is 42.6 Å². The third-order valence-electron chi connectivity index (χ3n) is 8.26. The molecule has 2 bridgehead atoms. The van der Waals surface area contributed by atoms with E-state index >= 15 is 0 Å². The van der Waals surface area contributed by atoms with Crippen LogP contribution in [0.5, 0.6) is 0 Å². The maximum atomic E-state index is 12.6. The van der Waals surface area contributed by atoms with Gasteiger partial charge in [-0.05, 0) is 84.6 Å². The normalized spacial score (nSPS) is 25.9. The molecule has 3 aromatic rings. The first kappa shape index (κ1) is 20.7. The molecule has 1 unspecified atom stereocenters. The van der Waals surface area contributed by atoms with E-state index in [1.54, 1.807) is 0 Å².